The molecule has 1 atom stereocenters. The zero-order valence-electron chi connectivity index (χ0n) is 11.5. The van der Waals surface area contributed by atoms with Crippen molar-refractivity contribution >= 4 is 23.2 Å². The average Bonchev–Trinajstić information content (AvgIpc) is 2.75. The molecule has 2 heterocycles. The number of nitrogens with two attached hydrogens (primary N) is 1. The van der Waals surface area contributed by atoms with Crippen molar-refractivity contribution in [2.45, 2.75) is 25.3 Å². The Kier molecular flexibility index (Phi) is 3.85. The van der Waals surface area contributed by atoms with Gasteiger partial charge < -0.3 is 10.6 Å². The fourth-order valence-corrected chi connectivity index (χ4v) is 3.47. The van der Waals surface area contributed by atoms with Gasteiger partial charge in [0.25, 0.3) is 5.91 Å². The van der Waals surface area contributed by atoms with Crippen LogP contribution < -0.4 is 5.73 Å². The van der Waals surface area contributed by atoms with Gasteiger partial charge in [0.2, 0.25) is 0 Å². The smallest absolute Gasteiger partial charge is 0.255 e. The van der Waals surface area contributed by atoms with Crippen LogP contribution in [0.2, 0.25) is 5.02 Å². The molecule has 20 heavy (non-hydrogen) atoms. The van der Waals surface area contributed by atoms with Crippen molar-refractivity contribution in [2.24, 2.45) is 0 Å². The molecule has 108 valence electrons. The summed E-state index contributed by atoms with van der Waals surface area (Å²) in [6.07, 6.45) is 3.48. The predicted molar refractivity (Wildman–Crippen MR) is 81.0 cm³/mol. The number of benzene rings is 1. The van der Waals surface area contributed by atoms with Crippen LogP contribution in [-0.2, 0) is 0 Å². The van der Waals surface area contributed by atoms with Crippen molar-refractivity contribution in [3.8, 4) is 0 Å². The summed E-state index contributed by atoms with van der Waals surface area (Å²) >= 11 is 5.89. The van der Waals surface area contributed by atoms with Gasteiger partial charge in [-0.2, -0.15) is 0 Å². The number of amides is 1. The summed E-state index contributed by atoms with van der Waals surface area (Å²) in [6, 6.07) is 5.63. The molecule has 2 saturated heterocycles. The van der Waals surface area contributed by atoms with Crippen molar-refractivity contribution in [1.29, 1.82) is 0 Å². The molecule has 2 aliphatic heterocycles. The quantitative estimate of drug-likeness (QED) is 0.808. The molecule has 0 aliphatic carbocycles. The number of hydrogen-bond donors (Lipinski definition) is 1. The number of carbonyl (C=O) groups is 1. The first-order valence-corrected chi connectivity index (χ1v) is 7.61. The SMILES string of the molecule is Nc1cc(Cl)ccc1C(=O)N1CCCN2CCCC2C1. The van der Waals surface area contributed by atoms with Crippen LogP contribution >= 0.6 is 11.6 Å². The Hall–Kier alpha value is -1.26. The highest BCUT2D eigenvalue weighted by Crippen LogP contribution is 2.24. The van der Waals surface area contributed by atoms with Gasteiger partial charge in [0, 0.05) is 36.4 Å². The molecule has 1 amide bonds. The summed E-state index contributed by atoms with van der Waals surface area (Å²) in [5.41, 5.74) is 6.97. The lowest BCUT2D eigenvalue weighted by Gasteiger charge is -2.26. The summed E-state index contributed by atoms with van der Waals surface area (Å²) in [7, 11) is 0. The Balaban J connectivity index is 1.79. The van der Waals surface area contributed by atoms with Crippen LogP contribution in [0.25, 0.3) is 0 Å². The van der Waals surface area contributed by atoms with Gasteiger partial charge in [-0.3, -0.25) is 9.69 Å². The zero-order chi connectivity index (χ0) is 14.1. The van der Waals surface area contributed by atoms with Gasteiger partial charge in [-0.25, -0.2) is 0 Å². The van der Waals surface area contributed by atoms with Crippen LogP contribution in [0.5, 0.6) is 0 Å². The van der Waals surface area contributed by atoms with Crippen molar-refractivity contribution in [3.63, 3.8) is 0 Å². The third-order valence-corrected chi connectivity index (χ3v) is 4.57. The third-order valence-electron chi connectivity index (χ3n) is 4.33. The molecule has 5 heteroatoms. The second-order valence-electron chi connectivity index (χ2n) is 5.67. The van der Waals surface area contributed by atoms with Gasteiger partial charge in [-0.05, 0) is 44.0 Å². The predicted octanol–water partition coefficient (Wildman–Crippen LogP) is 2.23. The van der Waals surface area contributed by atoms with Crippen molar-refractivity contribution in [1.82, 2.24) is 9.80 Å². The van der Waals surface area contributed by atoms with E-state index >= 15 is 0 Å². The van der Waals surface area contributed by atoms with Gasteiger partial charge in [-0.15, -0.1) is 0 Å². The molecule has 0 aromatic heterocycles. The van der Waals surface area contributed by atoms with Gasteiger partial charge >= 0.3 is 0 Å². The number of halogens is 1. The lowest BCUT2D eigenvalue weighted by atomic mass is 10.1. The topological polar surface area (TPSA) is 49.6 Å². The minimum Gasteiger partial charge on any atom is -0.398 e. The molecule has 4 nitrogen and oxygen atoms in total. The molecular weight excluding hydrogens is 274 g/mol. The number of nitrogen functional groups attached to an aromatic ring is 1. The minimum atomic E-state index is 0.0351. The van der Waals surface area contributed by atoms with E-state index in [1.165, 1.54) is 19.4 Å². The highest BCUT2D eigenvalue weighted by molar-refractivity contribution is 6.31. The first-order valence-electron chi connectivity index (χ1n) is 7.23. The number of hydrogen-bond acceptors (Lipinski definition) is 3. The Morgan fingerprint density at radius 3 is 2.85 bits per heavy atom. The molecule has 0 saturated carbocycles. The molecule has 0 spiro atoms. The van der Waals surface area contributed by atoms with E-state index in [1.54, 1.807) is 18.2 Å². The van der Waals surface area contributed by atoms with Crippen LogP contribution in [-0.4, -0.2) is 47.9 Å². The van der Waals surface area contributed by atoms with Gasteiger partial charge in [0.1, 0.15) is 0 Å². The van der Waals surface area contributed by atoms with Gasteiger partial charge in [0.05, 0.1) is 5.56 Å². The van der Waals surface area contributed by atoms with E-state index in [0.717, 1.165) is 26.1 Å². The van der Waals surface area contributed by atoms with Crippen molar-refractivity contribution in [3.05, 3.63) is 28.8 Å². The molecule has 1 aromatic rings. The number of anilines is 1. The van der Waals surface area contributed by atoms with E-state index in [2.05, 4.69) is 4.90 Å². The first-order chi connectivity index (χ1) is 9.65. The summed E-state index contributed by atoms with van der Waals surface area (Å²) < 4.78 is 0. The van der Waals surface area contributed by atoms with E-state index in [0.29, 0.717) is 22.3 Å². The highest BCUT2D eigenvalue weighted by atomic mass is 35.5. The van der Waals surface area contributed by atoms with Crippen LogP contribution in [0.15, 0.2) is 18.2 Å². The molecule has 2 aliphatic rings. The first kappa shape index (κ1) is 13.7. The minimum absolute atomic E-state index is 0.0351. The lowest BCUT2D eigenvalue weighted by Crippen LogP contribution is -2.39. The second kappa shape index (κ2) is 5.62. The summed E-state index contributed by atoms with van der Waals surface area (Å²) in [4.78, 5) is 17.1. The highest BCUT2D eigenvalue weighted by Gasteiger charge is 2.31. The van der Waals surface area contributed by atoms with Crippen LogP contribution in [0, 0.1) is 0 Å². The number of carbonyl (C=O) groups excluding carboxylic acids is 1. The largest absolute Gasteiger partial charge is 0.398 e. The standard InChI is InChI=1S/C15H20ClN3O/c16-11-4-5-13(14(17)9-11)15(20)19-8-2-7-18-6-1-3-12(18)10-19/h4-5,9,12H,1-3,6-8,10,17H2. The fourth-order valence-electron chi connectivity index (χ4n) is 3.29. The Bertz CT molecular complexity index is 520. The molecule has 3 rings (SSSR count). The summed E-state index contributed by atoms with van der Waals surface area (Å²) in [5, 5.41) is 0.567. The van der Waals surface area contributed by atoms with E-state index in [9.17, 15) is 4.79 Å². The zero-order valence-corrected chi connectivity index (χ0v) is 12.3. The van der Waals surface area contributed by atoms with Gasteiger partial charge in [-0.1, -0.05) is 11.6 Å². The third kappa shape index (κ3) is 2.63. The molecule has 2 N–H and O–H groups in total. The second-order valence-corrected chi connectivity index (χ2v) is 6.10. The molecular formula is C15H20ClN3O. The van der Waals surface area contributed by atoms with E-state index in [4.69, 9.17) is 17.3 Å². The van der Waals surface area contributed by atoms with E-state index < -0.39 is 0 Å². The Morgan fingerprint density at radius 1 is 1.25 bits per heavy atom. The molecule has 2 fully saturated rings. The monoisotopic (exact) mass is 293 g/mol. The molecule has 1 aromatic carbocycles. The van der Waals surface area contributed by atoms with E-state index in [1.807, 2.05) is 4.90 Å². The maximum atomic E-state index is 12.7. The fraction of sp³-hybridized carbons (Fsp3) is 0.533. The van der Waals surface area contributed by atoms with Gasteiger partial charge in [0.15, 0.2) is 0 Å². The van der Waals surface area contributed by atoms with Crippen molar-refractivity contribution < 1.29 is 4.79 Å². The number of rotatable bonds is 1. The summed E-state index contributed by atoms with van der Waals surface area (Å²) in [6.45, 7) is 3.91. The molecule has 0 bridgehead atoms. The molecule has 0 radical (unpaired) electrons. The van der Waals surface area contributed by atoms with Crippen LogP contribution in [0.3, 0.4) is 0 Å². The Morgan fingerprint density at radius 2 is 2.05 bits per heavy atom. The van der Waals surface area contributed by atoms with E-state index in [-0.39, 0.29) is 5.91 Å². The Labute approximate surface area is 124 Å². The average molecular weight is 294 g/mol. The maximum Gasteiger partial charge on any atom is 0.255 e. The lowest BCUT2D eigenvalue weighted by molar-refractivity contribution is 0.0744. The van der Waals surface area contributed by atoms with Crippen LogP contribution in [0.1, 0.15) is 29.6 Å². The van der Waals surface area contributed by atoms with Crippen LogP contribution in [0.4, 0.5) is 5.69 Å². The number of fused-ring (bicyclic) bond motifs is 1. The maximum absolute atomic E-state index is 12.7. The molecule has 1 unspecified atom stereocenters. The van der Waals surface area contributed by atoms with Crippen molar-refractivity contribution in [2.75, 3.05) is 31.9 Å². The number of nitrogens with zero attached hydrogens (tertiary/aromatic N) is 2. The summed E-state index contributed by atoms with van der Waals surface area (Å²) in [5.74, 6) is 0.0351. The normalized spacial score (nSPS) is 23.4.